The molecule has 0 aromatic carbocycles. The summed E-state index contributed by atoms with van der Waals surface area (Å²) in [6, 6.07) is -0.324. The Morgan fingerprint density at radius 1 is 1.42 bits per heavy atom. The van der Waals surface area contributed by atoms with Gasteiger partial charge in [0.25, 0.3) is 0 Å². The fraction of sp³-hybridized carbons (Fsp3) is 0.769. The first-order valence-corrected chi connectivity index (χ1v) is 6.93. The molecule has 2 N–H and O–H groups in total. The molecule has 0 fully saturated rings. The third kappa shape index (κ3) is 5.38. The van der Waals surface area contributed by atoms with E-state index in [-0.39, 0.29) is 11.9 Å². The van der Waals surface area contributed by atoms with E-state index in [1.54, 1.807) is 4.68 Å². The molecule has 1 atom stereocenters. The Morgan fingerprint density at radius 3 is 2.79 bits per heavy atom. The normalized spacial score (nSPS) is 12.7. The molecular formula is C13H25N5O. The summed E-state index contributed by atoms with van der Waals surface area (Å²) >= 11 is 0. The topological polar surface area (TPSA) is 71.8 Å². The molecule has 0 spiro atoms. The number of carbonyl (C=O) groups is 1. The maximum Gasteiger partial charge on any atom is 0.244 e. The van der Waals surface area contributed by atoms with Gasteiger partial charge in [-0.2, -0.15) is 0 Å². The molecule has 0 aliphatic rings. The van der Waals surface area contributed by atoms with Crippen molar-refractivity contribution in [3.8, 4) is 0 Å². The van der Waals surface area contributed by atoms with Crippen molar-refractivity contribution in [1.29, 1.82) is 0 Å². The Morgan fingerprint density at radius 2 is 2.16 bits per heavy atom. The number of carbonyl (C=O) groups excluding carboxylic acids is 1. The van der Waals surface area contributed by atoms with E-state index in [9.17, 15) is 4.79 Å². The van der Waals surface area contributed by atoms with Crippen LogP contribution in [0.2, 0.25) is 0 Å². The van der Waals surface area contributed by atoms with Crippen LogP contribution in [-0.2, 0) is 11.3 Å². The molecule has 0 bridgehead atoms. The highest BCUT2D eigenvalue weighted by Gasteiger charge is 2.16. The number of amides is 1. The molecule has 0 radical (unpaired) electrons. The fourth-order valence-corrected chi connectivity index (χ4v) is 1.59. The standard InChI is InChI=1S/C13H25N5O/c1-5-14-8-12-9-18(17-16-12)11(4)13(19)15-7-6-10(2)3/h9-11,14H,5-8H2,1-4H3,(H,15,19). The van der Waals surface area contributed by atoms with Gasteiger partial charge < -0.3 is 10.6 Å². The molecule has 1 heterocycles. The van der Waals surface area contributed by atoms with Crippen molar-refractivity contribution in [2.75, 3.05) is 13.1 Å². The van der Waals surface area contributed by atoms with E-state index in [1.165, 1.54) is 0 Å². The summed E-state index contributed by atoms with van der Waals surface area (Å²) < 4.78 is 1.61. The van der Waals surface area contributed by atoms with Crippen LogP contribution in [0.1, 0.15) is 45.9 Å². The largest absolute Gasteiger partial charge is 0.354 e. The number of hydrogen-bond acceptors (Lipinski definition) is 4. The van der Waals surface area contributed by atoms with E-state index in [0.717, 1.165) is 18.7 Å². The predicted octanol–water partition coefficient (Wildman–Crippen LogP) is 1.11. The minimum atomic E-state index is -0.324. The van der Waals surface area contributed by atoms with Crippen LogP contribution < -0.4 is 10.6 Å². The summed E-state index contributed by atoms with van der Waals surface area (Å²) in [5.74, 6) is 0.578. The molecule has 1 aromatic rings. The number of nitrogens with one attached hydrogen (secondary N) is 2. The molecule has 0 aliphatic carbocycles. The molecule has 1 aromatic heterocycles. The molecule has 1 amide bonds. The van der Waals surface area contributed by atoms with Gasteiger partial charge in [0.1, 0.15) is 6.04 Å². The summed E-state index contributed by atoms with van der Waals surface area (Å²) in [7, 11) is 0. The summed E-state index contributed by atoms with van der Waals surface area (Å²) in [6.07, 6.45) is 2.80. The maximum absolute atomic E-state index is 11.9. The van der Waals surface area contributed by atoms with Gasteiger partial charge >= 0.3 is 0 Å². The highest BCUT2D eigenvalue weighted by Crippen LogP contribution is 2.05. The summed E-state index contributed by atoms with van der Waals surface area (Å²) in [6.45, 7) is 10.4. The van der Waals surface area contributed by atoms with Gasteiger partial charge in [-0.3, -0.25) is 4.79 Å². The molecule has 108 valence electrons. The van der Waals surface area contributed by atoms with E-state index in [2.05, 4.69) is 34.8 Å². The third-order valence-corrected chi connectivity index (χ3v) is 2.91. The Labute approximate surface area is 115 Å². The molecule has 1 unspecified atom stereocenters. The quantitative estimate of drug-likeness (QED) is 0.740. The van der Waals surface area contributed by atoms with Gasteiger partial charge in [0.05, 0.1) is 11.9 Å². The molecule has 0 saturated carbocycles. The lowest BCUT2D eigenvalue weighted by molar-refractivity contribution is -0.124. The van der Waals surface area contributed by atoms with Gasteiger partial charge in [-0.25, -0.2) is 4.68 Å². The van der Waals surface area contributed by atoms with Gasteiger partial charge in [0.2, 0.25) is 5.91 Å². The van der Waals surface area contributed by atoms with Crippen LogP contribution in [0, 0.1) is 5.92 Å². The van der Waals surface area contributed by atoms with Gasteiger partial charge in [-0.05, 0) is 25.8 Å². The van der Waals surface area contributed by atoms with Crippen molar-refractivity contribution >= 4 is 5.91 Å². The van der Waals surface area contributed by atoms with Gasteiger partial charge in [0.15, 0.2) is 0 Å². The number of rotatable bonds is 8. The first-order chi connectivity index (χ1) is 9.04. The molecule has 6 heteroatoms. The van der Waals surface area contributed by atoms with Crippen molar-refractivity contribution < 1.29 is 4.79 Å². The molecule has 1 rings (SSSR count). The van der Waals surface area contributed by atoms with Crippen LogP contribution in [0.15, 0.2) is 6.20 Å². The summed E-state index contributed by atoms with van der Waals surface area (Å²) in [5.41, 5.74) is 0.851. The lowest BCUT2D eigenvalue weighted by Crippen LogP contribution is -2.32. The fourth-order valence-electron chi connectivity index (χ4n) is 1.59. The monoisotopic (exact) mass is 267 g/mol. The molecule has 0 aliphatic heterocycles. The smallest absolute Gasteiger partial charge is 0.244 e. The van der Waals surface area contributed by atoms with E-state index < -0.39 is 0 Å². The van der Waals surface area contributed by atoms with E-state index in [4.69, 9.17) is 0 Å². The number of aromatic nitrogens is 3. The Bertz CT molecular complexity index is 388. The van der Waals surface area contributed by atoms with Crippen LogP contribution in [-0.4, -0.2) is 34.0 Å². The third-order valence-electron chi connectivity index (χ3n) is 2.91. The first-order valence-electron chi connectivity index (χ1n) is 6.93. The van der Waals surface area contributed by atoms with E-state index in [0.29, 0.717) is 19.0 Å². The van der Waals surface area contributed by atoms with Crippen LogP contribution in [0.25, 0.3) is 0 Å². The van der Waals surface area contributed by atoms with Crippen molar-refractivity contribution in [2.45, 2.75) is 46.7 Å². The minimum absolute atomic E-state index is 0.0134. The van der Waals surface area contributed by atoms with Crippen LogP contribution in [0.5, 0.6) is 0 Å². The maximum atomic E-state index is 11.9. The van der Waals surface area contributed by atoms with Crippen molar-refractivity contribution in [3.05, 3.63) is 11.9 Å². The highest BCUT2D eigenvalue weighted by molar-refractivity contribution is 5.79. The second-order valence-electron chi connectivity index (χ2n) is 5.12. The Kier molecular flexibility index (Phi) is 6.49. The second kappa shape index (κ2) is 7.89. The molecule has 6 nitrogen and oxygen atoms in total. The van der Waals surface area contributed by atoms with Crippen LogP contribution in [0.4, 0.5) is 0 Å². The second-order valence-corrected chi connectivity index (χ2v) is 5.12. The summed E-state index contributed by atoms with van der Waals surface area (Å²) in [4.78, 5) is 11.9. The van der Waals surface area contributed by atoms with Crippen molar-refractivity contribution in [1.82, 2.24) is 25.6 Å². The zero-order valence-electron chi connectivity index (χ0n) is 12.3. The number of nitrogens with zero attached hydrogens (tertiary/aromatic N) is 3. The zero-order chi connectivity index (χ0) is 14.3. The van der Waals surface area contributed by atoms with E-state index >= 15 is 0 Å². The lowest BCUT2D eigenvalue weighted by atomic mass is 10.1. The van der Waals surface area contributed by atoms with Gasteiger partial charge in [-0.1, -0.05) is 26.0 Å². The SMILES string of the molecule is CCNCc1cn(C(C)C(=O)NCCC(C)C)nn1. The molecule has 19 heavy (non-hydrogen) atoms. The average molecular weight is 267 g/mol. The van der Waals surface area contributed by atoms with Gasteiger partial charge in [-0.15, -0.1) is 5.10 Å². The molecule has 0 saturated heterocycles. The Balaban J connectivity index is 2.45. The van der Waals surface area contributed by atoms with Crippen molar-refractivity contribution in [3.63, 3.8) is 0 Å². The molecular weight excluding hydrogens is 242 g/mol. The van der Waals surface area contributed by atoms with Crippen LogP contribution >= 0.6 is 0 Å². The predicted molar refractivity (Wildman–Crippen MR) is 74.6 cm³/mol. The summed E-state index contributed by atoms with van der Waals surface area (Å²) in [5, 5.41) is 14.1. The van der Waals surface area contributed by atoms with Gasteiger partial charge in [0, 0.05) is 13.1 Å². The van der Waals surface area contributed by atoms with Crippen LogP contribution in [0.3, 0.4) is 0 Å². The zero-order valence-corrected chi connectivity index (χ0v) is 12.3. The first kappa shape index (κ1) is 15.6. The lowest BCUT2D eigenvalue weighted by Gasteiger charge is -2.12. The minimum Gasteiger partial charge on any atom is -0.354 e. The average Bonchev–Trinajstić information content (AvgIpc) is 2.83. The highest BCUT2D eigenvalue weighted by atomic mass is 16.2. The van der Waals surface area contributed by atoms with E-state index in [1.807, 2.05) is 20.0 Å². The number of hydrogen-bond donors (Lipinski definition) is 2. The Hall–Kier alpha value is -1.43. The van der Waals surface area contributed by atoms with Crippen molar-refractivity contribution in [2.24, 2.45) is 5.92 Å².